The maximum absolute atomic E-state index is 11.3. The Bertz CT molecular complexity index is 555. The quantitative estimate of drug-likeness (QED) is 0.846. The number of carbonyl (C=O) groups excluding carboxylic acids is 2. The summed E-state index contributed by atoms with van der Waals surface area (Å²) in [7, 11) is -3.47. The molecule has 0 unspecified atom stereocenters. The number of methoxy groups -OCH3 is 1. The van der Waals surface area contributed by atoms with Gasteiger partial charge in [-0.2, -0.15) is 13.1 Å². The lowest BCUT2D eigenvalue weighted by Crippen LogP contribution is -2.33. The molecule has 0 atom stereocenters. The highest BCUT2D eigenvalue weighted by molar-refractivity contribution is 7.85. The van der Waals surface area contributed by atoms with E-state index in [1.165, 1.54) is 4.72 Å². The fourth-order valence-electron chi connectivity index (χ4n) is 1.41. The van der Waals surface area contributed by atoms with E-state index < -0.39 is 22.4 Å². The molecule has 0 saturated carbocycles. The Morgan fingerprint density at radius 2 is 1.85 bits per heavy atom. The van der Waals surface area contributed by atoms with Gasteiger partial charge >= 0.3 is 22.4 Å². The predicted molar refractivity (Wildman–Crippen MR) is 69.9 cm³/mol. The summed E-state index contributed by atoms with van der Waals surface area (Å²) in [6.45, 7) is 0. The van der Waals surface area contributed by atoms with E-state index in [2.05, 4.69) is 8.92 Å². The molecule has 0 aliphatic heterocycles. The first-order valence-electron chi connectivity index (χ1n) is 5.80. The van der Waals surface area contributed by atoms with Crippen molar-refractivity contribution in [3.8, 4) is 0 Å². The van der Waals surface area contributed by atoms with Crippen molar-refractivity contribution in [2.75, 3.05) is 7.11 Å². The van der Waals surface area contributed by atoms with E-state index in [9.17, 15) is 18.0 Å². The molecule has 1 rings (SSSR count). The SMILES string of the molecule is COC(=O)NS(=O)(=O)OC(=O)CCCc1ccccc1. The van der Waals surface area contributed by atoms with Crippen LogP contribution in [0, 0.1) is 0 Å². The van der Waals surface area contributed by atoms with E-state index in [0.717, 1.165) is 12.7 Å². The van der Waals surface area contributed by atoms with Crippen molar-refractivity contribution in [1.82, 2.24) is 4.72 Å². The van der Waals surface area contributed by atoms with Crippen LogP contribution < -0.4 is 4.72 Å². The van der Waals surface area contributed by atoms with Gasteiger partial charge in [-0.25, -0.2) is 4.79 Å². The van der Waals surface area contributed by atoms with Crippen LogP contribution in [-0.4, -0.2) is 27.6 Å². The summed E-state index contributed by atoms with van der Waals surface area (Å²) >= 11 is 0. The van der Waals surface area contributed by atoms with Crippen LogP contribution in [-0.2, 0) is 30.4 Å². The van der Waals surface area contributed by atoms with Gasteiger partial charge in [-0.05, 0) is 18.4 Å². The minimum Gasteiger partial charge on any atom is -0.452 e. The number of benzene rings is 1. The van der Waals surface area contributed by atoms with Gasteiger partial charge in [0.1, 0.15) is 0 Å². The van der Waals surface area contributed by atoms with Crippen molar-refractivity contribution in [3.63, 3.8) is 0 Å². The highest BCUT2D eigenvalue weighted by atomic mass is 32.2. The first kappa shape index (κ1) is 16.0. The molecule has 8 heteroatoms. The van der Waals surface area contributed by atoms with Crippen molar-refractivity contribution in [3.05, 3.63) is 35.9 Å². The van der Waals surface area contributed by atoms with Crippen LogP contribution in [0.3, 0.4) is 0 Å². The summed E-state index contributed by atoms with van der Waals surface area (Å²) in [6, 6.07) is 9.43. The molecule has 0 aliphatic rings. The average molecular weight is 301 g/mol. The number of rotatable bonds is 6. The van der Waals surface area contributed by atoms with Gasteiger partial charge in [0, 0.05) is 6.42 Å². The number of aryl methyl sites for hydroxylation is 1. The monoisotopic (exact) mass is 301 g/mol. The Balaban J connectivity index is 2.35. The van der Waals surface area contributed by atoms with Crippen LogP contribution in [0.2, 0.25) is 0 Å². The third kappa shape index (κ3) is 6.19. The summed E-state index contributed by atoms with van der Waals surface area (Å²) < 4.78 is 32.0. The summed E-state index contributed by atoms with van der Waals surface area (Å²) in [5, 5.41) is 0. The fourth-order valence-corrected chi connectivity index (χ4v) is 2.07. The lowest BCUT2D eigenvalue weighted by molar-refractivity contribution is -0.133. The highest BCUT2D eigenvalue weighted by Crippen LogP contribution is 2.06. The molecule has 1 aromatic carbocycles. The van der Waals surface area contributed by atoms with Crippen LogP contribution in [0.5, 0.6) is 0 Å². The number of hydrogen-bond acceptors (Lipinski definition) is 6. The molecule has 20 heavy (non-hydrogen) atoms. The molecule has 0 bridgehead atoms. The first-order valence-corrected chi connectivity index (χ1v) is 7.20. The molecule has 7 nitrogen and oxygen atoms in total. The van der Waals surface area contributed by atoms with Gasteiger partial charge in [0.15, 0.2) is 0 Å². The molecule has 0 heterocycles. The Morgan fingerprint density at radius 3 is 2.45 bits per heavy atom. The maximum atomic E-state index is 11.3. The Labute approximate surface area is 117 Å². The van der Waals surface area contributed by atoms with E-state index in [4.69, 9.17) is 0 Å². The van der Waals surface area contributed by atoms with Crippen LogP contribution >= 0.6 is 0 Å². The topological polar surface area (TPSA) is 98.8 Å². The van der Waals surface area contributed by atoms with Crippen molar-refractivity contribution in [1.29, 1.82) is 0 Å². The van der Waals surface area contributed by atoms with Crippen LogP contribution in [0.25, 0.3) is 0 Å². The second-order valence-corrected chi connectivity index (χ2v) is 5.12. The zero-order valence-electron chi connectivity index (χ0n) is 10.9. The molecule has 0 fully saturated rings. The molecule has 1 aromatic rings. The number of carbonyl (C=O) groups is 2. The van der Waals surface area contributed by atoms with E-state index in [-0.39, 0.29) is 6.42 Å². The Morgan fingerprint density at radius 1 is 1.20 bits per heavy atom. The summed E-state index contributed by atoms with van der Waals surface area (Å²) in [5.41, 5.74) is 1.04. The third-order valence-corrected chi connectivity index (χ3v) is 3.11. The second kappa shape index (κ2) is 7.49. The number of amides is 1. The van der Waals surface area contributed by atoms with Crippen LogP contribution in [0.1, 0.15) is 18.4 Å². The highest BCUT2D eigenvalue weighted by Gasteiger charge is 2.20. The molecule has 0 aliphatic carbocycles. The summed E-state index contributed by atoms with van der Waals surface area (Å²) in [5.74, 6) is -0.933. The zero-order chi connectivity index (χ0) is 15.0. The van der Waals surface area contributed by atoms with Gasteiger partial charge < -0.3 is 8.92 Å². The lowest BCUT2D eigenvalue weighted by Gasteiger charge is -2.06. The van der Waals surface area contributed by atoms with Gasteiger partial charge in [-0.15, -0.1) is 0 Å². The van der Waals surface area contributed by atoms with Crippen molar-refractivity contribution in [2.24, 2.45) is 0 Å². The van der Waals surface area contributed by atoms with Gasteiger partial charge in [-0.3, -0.25) is 4.79 Å². The second-order valence-electron chi connectivity index (χ2n) is 3.84. The van der Waals surface area contributed by atoms with Gasteiger partial charge in [0.2, 0.25) is 0 Å². The van der Waals surface area contributed by atoms with Crippen molar-refractivity contribution < 1.29 is 26.9 Å². The van der Waals surface area contributed by atoms with Crippen LogP contribution in [0.4, 0.5) is 4.79 Å². The van der Waals surface area contributed by atoms with E-state index in [1.54, 1.807) is 0 Å². The number of nitrogens with one attached hydrogen (secondary N) is 1. The standard InChI is InChI=1S/C12H15NO6S/c1-18-12(15)13-20(16,17)19-11(14)9-5-8-10-6-3-2-4-7-10/h2-4,6-7H,5,8-9H2,1H3,(H,13,15). The molecular formula is C12H15NO6S. The number of hydrogen-bond donors (Lipinski definition) is 1. The zero-order valence-corrected chi connectivity index (χ0v) is 11.7. The maximum Gasteiger partial charge on any atom is 0.423 e. The Hall–Kier alpha value is -2.09. The van der Waals surface area contributed by atoms with Crippen molar-refractivity contribution in [2.45, 2.75) is 19.3 Å². The predicted octanol–water partition coefficient (Wildman–Crippen LogP) is 1.15. The largest absolute Gasteiger partial charge is 0.452 e. The molecule has 1 N–H and O–H groups in total. The van der Waals surface area contributed by atoms with Gasteiger partial charge in [0.25, 0.3) is 0 Å². The number of ether oxygens (including phenoxy) is 1. The molecule has 1 amide bonds. The lowest BCUT2D eigenvalue weighted by atomic mass is 10.1. The molecule has 0 aromatic heterocycles. The molecule has 0 spiro atoms. The van der Waals surface area contributed by atoms with Crippen LogP contribution in [0.15, 0.2) is 30.3 Å². The van der Waals surface area contributed by atoms with Gasteiger partial charge in [-0.1, -0.05) is 30.3 Å². The molecular weight excluding hydrogens is 286 g/mol. The van der Waals surface area contributed by atoms with E-state index in [1.807, 2.05) is 30.3 Å². The minimum atomic E-state index is -4.46. The smallest absolute Gasteiger partial charge is 0.423 e. The summed E-state index contributed by atoms with van der Waals surface area (Å²) in [4.78, 5) is 22.0. The average Bonchev–Trinajstić information content (AvgIpc) is 2.38. The molecule has 0 saturated heterocycles. The molecule has 110 valence electrons. The fraction of sp³-hybridized carbons (Fsp3) is 0.333. The van der Waals surface area contributed by atoms with Crippen molar-refractivity contribution >= 4 is 22.4 Å². The minimum absolute atomic E-state index is 0.0724. The van der Waals surface area contributed by atoms with E-state index in [0.29, 0.717) is 12.8 Å². The normalized spacial score (nSPS) is 10.7. The third-order valence-electron chi connectivity index (χ3n) is 2.29. The molecule has 0 radical (unpaired) electrons. The first-order chi connectivity index (χ1) is 9.43. The Kier molecular flexibility index (Phi) is 5.98. The summed E-state index contributed by atoms with van der Waals surface area (Å²) in [6.07, 6.45) is -0.226. The van der Waals surface area contributed by atoms with E-state index >= 15 is 0 Å². The van der Waals surface area contributed by atoms with Gasteiger partial charge in [0.05, 0.1) is 7.11 Å².